The summed E-state index contributed by atoms with van der Waals surface area (Å²) >= 11 is 0. The fourth-order valence-electron chi connectivity index (χ4n) is 2.55. The third-order valence-corrected chi connectivity index (χ3v) is 3.52. The molecule has 0 heterocycles. The summed E-state index contributed by atoms with van der Waals surface area (Å²) in [5.74, 6) is -0.190. The monoisotopic (exact) mass is 254 g/mol. The first-order chi connectivity index (χ1) is 8.75. The number of hydrogen-bond acceptors (Lipinski definition) is 4. The molecule has 0 bridgehead atoms. The van der Waals surface area contributed by atoms with Gasteiger partial charge in [-0.25, -0.2) is 0 Å². The van der Waals surface area contributed by atoms with Crippen LogP contribution in [-0.2, 0) is 9.53 Å². The summed E-state index contributed by atoms with van der Waals surface area (Å²) in [5.41, 5.74) is 7.66. The van der Waals surface area contributed by atoms with Crippen LogP contribution in [0.2, 0.25) is 0 Å². The van der Waals surface area contributed by atoms with E-state index in [1.165, 1.54) is 13.5 Å². The molecule has 0 aromatic rings. The average Bonchev–Trinajstić information content (AvgIpc) is 2.36. The maximum Gasteiger partial charge on any atom is 0.326 e. The van der Waals surface area contributed by atoms with E-state index in [0.29, 0.717) is 13.1 Å². The van der Waals surface area contributed by atoms with Crippen LogP contribution in [0.1, 0.15) is 44.9 Å². The van der Waals surface area contributed by atoms with Crippen molar-refractivity contribution in [1.29, 1.82) is 0 Å². The molecule has 0 amide bonds. The highest BCUT2D eigenvalue weighted by Gasteiger charge is 2.38. The first-order valence-electron chi connectivity index (χ1n) is 6.59. The Hall–Kier alpha value is -1.26. The Morgan fingerprint density at radius 3 is 2.50 bits per heavy atom. The van der Waals surface area contributed by atoms with E-state index in [1.807, 2.05) is 0 Å². The maximum absolute atomic E-state index is 12.0. The van der Waals surface area contributed by atoms with Crippen molar-refractivity contribution < 1.29 is 9.53 Å². The topological polar surface area (TPSA) is 87.1 Å². The number of carbonyl (C=O) groups excluding carboxylic acids is 1. The minimum atomic E-state index is -0.583. The summed E-state index contributed by atoms with van der Waals surface area (Å²) in [6.45, 7) is 0.869. The van der Waals surface area contributed by atoms with E-state index < -0.39 is 5.54 Å². The minimum Gasteiger partial charge on any atom is -0.468 e. The van der Waals surface area contributed by atoms with Crippen molar-refractivity contribution in [3.05, 3.63) is 10.4 Å². The molecule has 0 atom stereocenters. The molecule has 1 rings (SSSR count). The van der Waals surface area contributed by atoms with E-state index in [-0.39, 0.29) is 5.97 Å². The normalized spacial score (nSPS) is 19.2. The van der Waals surface area contributed by atoms with Gasteiger partial charge >= 0.3 is 5.97 Å². The number of nitrogens with one attached hydrogen (secondary N) is 1. The Labute approximate surface area is 108 Å². The van der Waals surface area contributed by atoms with Crippen LogP contribution >= 0.6 is 0 Å². The SMILES string of the molecule is COC(=O)C1(NCCN=[N+]=[N-])CCCCCCC1. The van der Waals surface area contributed by atoms with E-state index >= 15 is 0 Å². The zero-order valence-corrected chi connectivity index (χ0v) is 11.0. The predicted molar refractivity (Wildman–Crippen MR) is 69.1 cm³/mol. The number of ether oxygens (including phenoxy) is 1. The van der Waals surface area contributed by atoms with Crippen LogP contribution < -0.4 is 5.32 Å². The van der Waals surface area contributed by atoms with E-state index in [1.54, 1.807) is 0 Å². The molecule has 0 spiro atoms. The van der Waals surface area contributed by atoms with Crippen LogP contribution in [0.4, 0.5) is 0 Å². The summed E-state index contributed by atoms with van der Waals surface area (Å²) in [4.78, 5) is 14.7. The first kappa shape index (κ1) is 14.8. The molecule has 6 nitrogen and oxygen atoms in total. The van der Waals surface area contributed by atoms with E-state index in [4.69, 9.17) is 10.3 Å². The van der Waals surface area contributed by atoms with Crippen LogP contribution in [0.15, 0.2) is 5.11 Å². The molecule has 102 valence electrons. The van der Waals surface area contributed by atoms with Crippen LogP contribution in [-0.4, -0.2) is 31.7 Å². The lowest BCUT2D eigenvalue weighted by Gasteiger charge is -2.33. The molecule has 6 heteroatoms. The molecule has 1 aliphatic carbocycles. The Kier molecular flexibility index (Phi) is 6.54. The maximum atomic E-state index is 12.0. The Morgan fingerprint density at radius 1 is 1.33 bits per heavy atom. The van der Waals surface area contributed by atoms with Gasteiger partial charge in [-0.05, 0) is 18.4 Å². The molecule has 0 radical (unpaired) electrons. The quantitative estimate of drug-likeness (QED) is 0.269. The summed E-state index contributed by atoms with van der Waals surface area (Å²) in [6, 6.07) is 0. The molecule has 18 heavy (non-hydrogen) atoms. The van der Waals surface area contributed by atoms with Crippen molar-refractivity contribution in [3.8, 4) is 0 Å². The molecule has 0 aromatic carbocycles. The van der Waals surface area contributed by atoms with Gasteiger partial charge in [-0.3, -0.25) is 4.79 Å². The van der Waals surface area contributed by atoms with Crippen molar-refractivity contribution in [2.24, 2.45) is 5.11 Å². The average molecular weight is 254 g/mol. The van der Waals surface area contributed by atoms with Crippen LogP contribution in [0, 0.1) is 0 Å². The van der Waals surface area contributed by atoms with Gasteiger partial charge in [-0.1, -0.05) is 37.2 Å². The summed E-state index contributed by atoms with van der Waals surface area (Å²) in [7, 11) is 1.43. The Bertz CT molecular complexity index is 305. The number of esters is 1. The number of azide groups is 1. The largest absolute Gasteiger partial charge is 0.468 e. The molecule has 1 N–H and O–H groups in total. The fraction of sp³-hybridized carbons (Fsp3) is 0.917. The van der Waals surface area contributed by atoms with Gasteiger partial charge in [0.1, 0.15) is 5.54 Å². The molecule has 1 fully saturated rings. The van der Waals surface area contributed by atoms with Crippen molar-refractivity contribution >= 4 is 5.97 Å². The van der Waals surface area contributed by atoms with E-state index in [0.717, 1.165) is 38.5 Å². The number of carbonyl (C=O) groups is 1. The van der Waals surface area contributed by atoms with E-state index in [2.05, 4.69) is 15.3 Å². The van der Waals surface area contributed by atoms with E-state index in [9.17, 15) is 4.79 Å². The molecule has 0 aromatic heterocycles. The third kappa shape index (κ3) is 4.20. The number of rotatable bonds is 5. The van der Waals surface area contributed by atoms with Crippen LogP contribution in [0.25, 0.3) is 10.4 Å². The summed E-state index contributed by atoms with van der Waals surface area (Å²) < 4.78 is 4.94. The second-order valence-electron chi connectivity index (χ2n) is 4.72. The van der Waals surface area contributed by atoms with Gasteiger partial charge in [0.25, 0.3) is 0 Å². The van der Waals surface area contributed by atoms with Crippen molar-refractivity contribution in [2.45, 2.75) is 50.5 Å². The smallest absolute Gasteiger partial charge is 0.326 e. The second kappa shape index (κ2) is 7.95. The zero-order valence-electron chi connectivity index (χ0n) is 11.0. The lowest BCUT2D eigenvalue weighted by atomic mass is 9.84. The minimum absolute atomic E-state index is 0.190. The molecule has 1 aliphatic rings. The van der Waals surface area contributed by atoms with Gasteiger partial charge in [-0.2, -0.15) is 0 Å². The van der Waals surface area contributed by atoms with Crippen LogP contribution in [0.3, 0.4) is 0 Å². The first-order valence-corrected chi connectivity index (χ1v) is 6.59. The van der Waals surface area contributed by atoms with Gasteiger partial charge in [0.05, 0.1) is 7.11 Å². The third-order valence-electron chi connectivity index (χ3n) is 3.52. The number of hydrogen-bond donors (Lipinski definition) is 1. The van der Waals surface area contributed by atoms with Gasteiger partial charge in [0, 0.05) is 18.0 Å². The highest BCUT2D eigenvalue weighted by Crippen LogP contribution is 2.27. The number of nitrogens with zero attached hydrogens (tertiary/aromatic N) is 3. The fourth-order valence-corrected chi connectivity index (χ4v) is 2.55. The highest BCUT2D eigenvalue weighted by atomic mass is 16.5. The zero-order chi connectivity index (χ0) is 13.3. The molecule has 0 unspecified atom stereocenters. The predicted octanol–water partition coefficient (Wildman–Crippen LogP) is 2.54. The van der Waals surface area contributed by atoms with Crippen molar-refractivity contribution in [3.63, 3.8) is 0 Å². The van der Waals surface area contributed by atoms with Gasteiger partial charge in [0.15, 0.2) is 0 Å². The van der Waals surface area contributed by atoms with Crippen LogP contribution in [0.5, 0.6) is 0 Å². The van der Waals surface area contributed by atoms with Gasteiger partial charge in [-0.15, -0.1) is 0 Å². The Balaban J connectivity index is 2.65. The lowest BCUT2D eigenvalue weighted by molar-refractivity contribution is -0.149. The molecular formula is C12H22N4O2. The second-order valence-corrected chi connectivity index (χ2v) is 4.72. The standard InChI is InChI=1S/C12H22N4O2/c1-18-11(17)12(14-9-10-15-16-13)7-5-3-2-4-6-8-12/h14H,2-10H2,1H3. The molecule has 0 saturated heterocycles. The summed E-state index contributed by atoms with van der Waals surface area (Å²) in [5, 5.41) is 6.73. The van der Waals surface area contributed by atoms with Gasteiger partial charge in [0.2, 0.25) is 0 Å². The van der Waals surface area contributed by atoms with Crippen molar-refractivity contribution in [1.82, 2.24) is 5.32 Å². The highest BCUT2D eigenvalue weighted by molar-refractivity contribution is 5.80. The van der Waals surface area contributed by atoms with Gasteiger partial charge < -0.3 is 10.1 Å². The summed E-state index contributed by atoms with van der Waals surface area (Å²) in [6.07, 6.45) is 7.24. The van der Waals surface area contributed by atoms with Crippen molar-refractivity contribution in [2.75, 3.05) is 20.2 Å². The Morgan fingerprint density at radius 2 is 1.94 bits per heavy atom. The lowest BCUT2D eigenvalue weighted by Crippen LogP contribution is -2.53. The molecule has 0 aliphatic heterocycles. The molecular weight excluding hydrogens is 232 g/mol. The molecule has 1 saturated carbocycles. The number of methoxy groups -OCH3 is 1.